The molecule has 128 valence electrons. The molecule has 1 aromatic carbocycles. The molecule has 1 atom stereocenters. The largest absolute Gasteiger partial charge is 0.469 e. The van der Waals surface area contributed by atoms with Gasteiger partial charge < -0.3 is 10.5 Å². The number of nitrogen functional groups attached to an aromatic ring is 1. The molecule has 2 heterocycles. The van der Waals surface area contributed by atoms with E-state index in [4.69, 9.17) is 10.5 Å². The number of hydrogen-bond donors (Lipinski definition) is 1. The Bertz CT molecular complexity index is 850. The summed E-state index contributed by atoms with van der Waals surface area (Å²) in [6.07, 6.45) is 2.50. The zero-order chi connectivity index (χ0) is 17.3. The molecule has 2 N–H and O–H groups in total. The Hall–Kier alpha value is -2.15. The number of nitrogens with two attached hydrogens (primary N) is 1. The van der Waals surface area contributed by atoms with Crippen molar-refractivity contribution in [2.75, 3.05) is 11.5 Å². The van der Waals surface area contributed by atoms with Crippen LogP contribution >= 0.6 is 0 Å². The highest BCUT2D eigenvalue weighted by atomic mass is 32.2. The van der Waals surface area contributed by atoms with Gasteiger partial charge >= 0.3 is 0 Å². The van der Waals surface area contributed by atoms with E-state index in [0.29, 0.717) is 23.0 Å². The minimum atomic E-state index is -3.20. The summed E-state index contributed by atoms with van der Waals surface area (Å²) >= 11 is 0. The molecule has 7 heteroatoms. The second-order valence-electron chi connectivity index (χ2n) is 6.35. The quantitative estimate of drug-likeness (QED) is 0.913. The number of aromatic nitrogens is 2. The van der Waals surface area contributed by atoms with Gasteiger partial charge in [0.15, 0.2) is 9.84 Å². The topological polar surface area (TPSA) is 95.2 Å². The zero-order valence-electron chi connectivity index (χ0n) is 13.8. The Morgan fingerprint density at radius 3 is 2.71 bits per heavy atom. The molecule has 2 aromatic rings. The normalized spacial score (nSPS) is 17.3. The van der Waals surface area contributed by atoms with Crippen LogP contribution in [0.2, 0.25) is 0 Å². The summed E-state index contributed by atoms with van der Waals surface area (Å²) < 4.78 is 30.7. The average molecular weight is 347 g/mol. The average Bonchev–Trinajstić information content (AvgIpc) is 2.52. The highest BCUT2D eigenvalue weighted by Crippen LogP contribution is 2.32. The molecule has 0 saturated carbocycles. The molecule has 0 saturated heterocycles. The van der Waals surface area contributed by atoms with Gasteiger partial charge in [0, 0.05) is 6.07 Å². The van der Waals surface area contributed by atoms with Gasteiger partial charge in [0.2, 0.25) is 5.88 Å². The third-order valence-corrected chi connectivity index (χ3v) is 6.01. The number of sulfone groups is 1. The number of anilines is 1. The Balaban J connectivity index is 1.98. The molecule has 1 aliphatic rings. The maximum atomic E-state index is 12.3. The van der Waals surface area contributed by atoms with Crippen LogP contribution in [0, 0.1) is 5.92 Å². The molecule has 0 bridgehead atoms. The van der Waals surface area contributed by atoms with Gasteiger partial charge in [-0.2, -0.15) is 0 Å². The lowest BCUT2D eigenvalue weighted by molar-refractivity contribution is 0.146. The first-order valence-corrected chi connectivity index (χ1v) is 9.62. The summed E-state index contributed by atoms with van der Waals surface area (Å²) in [5.41, 5.74) is 7.38. The van der Waals surface area contributed by atoms with Gasteiger partial charge in [-0.3, -0.25) is 0 Å². The molecule has 0 radical (unpaired) electrons. The number of nitrogens with zero attached hydrogens (tertiary/aromatic N) is 2. The highest BCUT2D eigenvalue weighted by molar-refractivity contribution is 7.91. The van der Waals surface area contributed by atoms with Crippen molar-refractivity contribution in [1.29, 1.82) is 0 Å². The third kappa shape index (κ3) is 3.36. The fourth-order valence-electron chi connectivity index (χ4n) is 2.94. The van der Waals surface area contributed by atoms with E-state index in [0.717, 1.165) is 17.5 Å². The van der Waals surface area contributed by atoms with Crippen molar-refractivity contribution in [2.45, 2.75) is 37.7 Å². The van der Waals surface area contributed by atoms with Gasteiger partial charge in [-0.15, -0.1) is 0 Å². The number of aryl methyl sites for hydroxylation is 1. The fourth-order valence-corrected chi connectivity index (χ4v) is 4.57. The summed E-state index contributed by atoms with van der Waals surface area (Å²) in [6, 6.07) is 7.15. The molecule has 0 fully saturated rings. The SMILES string of the molecule is CC(C)[C@@H](Oc1cc(N)ncn1)c1ccc2c(c1)S(=O)(=O)CCC2. The first kappa shape index (κ1) is 16.7. The van der Waals surface area contributed by atoms with Crippen LogP contribution in [0.15, 0.2) is 35.5 Å². The fraction of sp³-hybridized carbons (Fsp3) is 0.412. The third-order valence-electron chi connectivity index (χ3n) is 4.13. The molecule has 6 nitrogen and oxygen atoms in total. The molecule has 1 aliphatic heterocycles. The van der Waals surface area contributed by atoms with E-state index in [2.05, 4.69) is 9.97 Å². The van der Waals surface area contributed by atoms with E-state index in [1.54, 1.807) is 12.1 Å². The van der Waals surface area contributed by atoms with Gasteiger partial charge in [0.25, 0.3) is 0 Å². The Morgan fingerprint density at radius 1 is 1.21 bits per heavy atom. The summed E-state index contributed by atoms with van der Waals surface area (Å²) in [4.78, 5) is 8.35. The van der Waals surface area contributed by atoms with Crippen LogP contribution < -0.4 is 10.5 Å². The minimum absolute atomic E-state index is 0.130. The Kier molecular flexibility index (Phi) is 4.45. The van der Waals surface area contributed by atoms with Crippen molar-refractivity contribution in [2.24, 2.45) is 5.92 Å². The molecule has 0 aliphatic carbocycles. The summed E-state index contributed by atoms with van der Waals surface area (Å²) in [6.45, 7) is 4.03. The Morgan fingerprint density at radius 2 is 2.00 bits per heavy atom. The number of benzene rings is 1. The lowest BCUT2D eigenvalue weighted by atomic mass is 9.97. The van der Waals surface area contributed by atoms with Crippen LogP contribution in [0.3, 0.4) is 0 Å². The van der Waals surface area contributed by atoms with Crippen molar-refractivity contribution in [3.8, 4) is 5.88 Å². The van der Waals surface area contributed by atoms with Gasteiger partial charge in [-0.25, -0.2) is 18.4 Å². The van der Waals surface area contributed by atoms with Crippen molar-refractivity contribution < 1.29 is 13.2 Å². The zero-order valence-corrected chi connectivity index (χ0v) is 14.6. The minimum Gasteiger partial charge on any atom is -0.469 e. The number of ether oxygens (including phenoxy) is 1. The van der Waals surface area contributed by atoms with E-state index in [-0.39, 0.29) is 17.8 Å². The molecule has 1 aromatic heterocycles. The van der Waals surface area contributed by atoms with Crippen LogP contribution in [0.4, 0.5) is 5.82 Å². The van der Waals surface area contributed by atoms with Crippen LogP contribution in [0.1, 0.15) is 37.5 Å². The van der Waals surface area contributed by atoms with Crippen LogP contribution in [0.5, 0.6) is 5.88 Å². The Labute approximate surface area is 142 Å². The molecule has 24 heavy (non-hydrogen) atoms. The maximum Gasteiger partial charge on any atom is 0.219 e. The second-order valence-corrected chi connectivity index (χ2v) is 8.43. The van der Waals surface area contributed by atoms with E-state index >= 15 is 0 Å². The molecular formula is C17H21N3O3S. The number of hydrogen-bond acceptors (Lipinski definition) is 6. The van der Waals surface area contributed by atoms with Crippen LogP contribution in [-0.2, 0) is 16.3 Å². The van der Waals surface area contributed by atoms with Crippen LogP contribution in [-0.4, -0.2) is 24.1 Å². The lowest BCUT2D eigenvalue weighted by Crippen LogP contribution is -2.19. The van der Waals surface area contributed by atoms with Crippen molar-refractivity contribution in [3.05, 3.63) is 41.7 Å². The number of rotatable bonds is 4. The van der Waals surface area contributed by atoms with Gasteiger partial charge in [0.1, 0.15) is 18.2 Å². The first-order chi connectivity index (χ1) is 11.4. The van der Waals surface area contributed by atoms with Gasteiger partial charge in [0.05, 0.1) is 10.6 Å². The monoisotopic (exact) mass is 347 g/mol. The number of fused-ring (bicyclic) bond motifs is 1. The van der Waals surface area contributed by atoms with E-state index in [9.17, 15) is 8.42 Å². The summed E-state index contributed by atoms with van der Waals surface area (Å²) in [5, 5.41) is 0. The van der Waals surface area contributed by atoms with E-state index in [1.165, 1.54) is 6.33 Å². The molecule has 0 unspecified atom stereocenters. The molecule has 3 rings (SSSR count). The molecule has 0 amide bonds. The maximum absolute atomic E-state index is 12.3. The van der Waals surface area contributed by atoms with E-state index in [1.807, 2.05) is 26.0 Å². The van der Waals surface area contributed by atoms with Crippen molar-refractivity contribution in [1.82, 2.24) is 9.97 Å². The predicted octanol–water partition coefficient (Wildman–Crippen LogP) is 2.55. The molecular weight excluding hydrogens is 326 g/mol. The first-order valence-electron chi connectivity index (χ1n) is 7.96. The van der Waals surface area contributed by atoms with Crippen molar-refractivity contribution in [3.63, 3.8) is 0 Å². The van der Waals surface area contributed by atoms with Crippen LogP contribution in [0.25, 0.3) is 0 Å². The van der Waals surface area contributed by atoms with Gasteiger partial charge in [-0.05, 0) is 36.0 Å². The molecule has 0 spiro atoms. The predicted molar refractivity (Wildman–Crippen MR) is 91.5 cm³/mol. The van der Waals surface area contributed by atoms with Crippen molar-refractivity contribution >= 4 is 15.7 Å². The summed E-state index contributed by atoms with van der Waals surface area (Å²) in [7, 11) is -3.20. The smallest absolute Gasteiger partial charge is 0.219 e. The lowest BCUT2D eigenvalue weighted by Gasteiger charge is -2.24. The van der Waals surface area contributed by atoms with Gasteiger partial charge in [-0.1, -0.05) is 26.0 Å². The van der Waals surface area contributed by atoms with E-state index < -0.39 is 9.84 Å². The second kappa shape index (κ2) is 6.39. The highest BCUT2D eigenvalue weighted by Gasteiger charge is 2.26. The standard InChI is InChI=1S/C17H21N3O3S/c1-11(2)17(23-16-9-15(18)19-10-20-16)13-6-5-12-4-3-7-24(21,22)14(12)8-13/h5-6,8-11,17H,3-4,7H2,1-2H3,(H2,18,19,20)/t17-/m1/s1. The summed E-state index contributed by atoms with van der Waals surface area (Å²) in [5.74, 6) is 1.04.